The van der Waals surface area contributed by atoms with Gasteiger partial charge in [0.25, 0.3) is 5.56 Å². The summed E-state index contributed by atoms with van der Waals surface area (Å²) in [5.41, 5.74) is 6.32. The number of carbonyl (C=O) groups is 1. The number of amides is 1. The molecule has 1 atom stereocenters. The van der Waals surface area contributed by atoms with Crippen LogP contribution < -0.4 is 11.3 Å². The molecule has 2 aromatic rings. The smallest absolute Gasteiger partial charge is 0.268 e. The Kier molecular flexibility index (Phi) is 5.88. The standard InChI is InChI=1S/C13H18N4O2S.ClH/c1-7(2)10(14)13(19)17(3)6-9-15-8-4-5-20-11(8)12(18)16-9;/h4-5,7,10H,6,14H2,1-3H3,(H,15,16,18);1H/t10-;/m0./s1. The van der Waals surface area contributed by atoms with Crippen LogP contribution in [0.1, 0.15) is 19.7 Å². The summed E-state index contributed by atoms with van der Waals surface area (Å²) < 4.78 is 0.599. The third-order valence-electron chi connectivity index (χ3n) is 3.13. The summed E-state index contributed by atoms with van der Waals surface area (Å²) in [5.74, 6) is 0.372. The van der Waals surface area contributed by atoms with E-state index in [1.54, 1.807) is 13.1 Å². The molecule has 3 N–H and O–H groups in total. The molecule has 0 aliphatic heterocycles. The summed E-state index contributed by atoms with van der Waals surface area (Å²) in [7, 11) is 1.66. The zero-order valence-corrected chi connectivity index (χ0v) is 13.8. The van der Waals surface area contributed by atoms with Gasteiger partial charge in [-0.1, -0.05) is 13.8 Å². The van der Waals surface area contributed by atoms with E-state index in [4.69, 9.17) is 5.73 Å². The number of nitrogens with one attached hydrogen (secondary N) is 1. The summed E-state index contributed by atoms with van der Waals surface area (Å²) in [6.07, 6.45) is 0. The fourth-order valence-electron chi connectivity index (χ4n) is 1.84. The molecule has 2 rings (SSSR count). The first kappa shape index (κ1) is 17.6. The lowest BCUT2D eigenvalue weighted by atomic mass is 10.0. The van der Waals surface area contributed by atoms with E-state index < -0.39 is 6.04 Å². The summed E-state index contributed by atoms with van der Waals surface area (Å²) in [5, 5.41) is 1.82. The van der Waals surface area contributed by atoms with E-state index in [0.717, 1.165) is 0 Å². The fourth-order valence-corrected chi connectivity index (χ4v) is 2.56. The molecule has 0 bridgehead atoms. The fraction of sp³-hybridized carbons (Fsp3) is 0.462. The molecule has 0 saturated carbocycles. The van der Waals surface area contributed by atoms with E-state index in [0.29, 0.717) is 16.0 Å². The first-order chi connectivity index (χ1) is 9.40. The van der Waals surface area contributed by atoms with Gasteiger partial charge in [0, 0.05) is 7.05 Å². The van der Waals surface area contributed by atoms with Gasteiger partial charge in [-0.3, -0.25) is 9.59 Å². The molecule has 0 radical (unpaired) electrons. The maximum absolute atomic E-state index is 12.1. The quantitative estimate of drug-likeness (QED) is 0.885. The number of nitrogens with zero attached hydrogens (tertiary/aromatic N) is 2. The predicted octanol–water partition coefficient (Wildman–Crippen LogP) is 1.35. The minimum Gasteiger partial charge on any atom is -0.337 e. The van der Waals surface area contributed by atoms with E-state index in [2.05, 4.69) is 9.97 Å². The minimum absolute atomic E-state index is 0. The Morgan fingerprint density at radius 2 is 2.19 bits per heavy atom. The van der Waals surface area contributed by atoms with E-state index in [-0.39, 0.29) is 36.3 Å². The maximum atomic E-state index is 12.1. The Morgan fingerprint density at radius 1 is 1.52 bits per heavy atom. The number of rotatable bonds is 4. The van der Waals surface area contributed by atoms with Crippen molar-refractivity contribution in [3.8, 4) is 0 Å². The number of fused-ring (bicyclic) bond motifs is 1. The summed E-state index contributed by atoms with van der Waals surface area (Å²) >= 11 is 1.35. The molecule has 2 heterocycles. The van der Waals surface area contributed by atoms with Gasteiger partial charge in [-0.25, -0.2) is 4.98 Å². The number of likely N-dealkylation sites (N-methyl/N-ethyl adjacent to an activating group) is 1. The molecular formula is C13H19ClN4O2S. The highest BCUT2D eigenvalue weighted by Crippen LogP contribution is 2.14. The molecule has 6 nitrogen and oxygen atoms in total. The van der Waals surface area contributed by atoms with Crippen molar-refractivity contribution in [1.82, 2.24) is 14.9 Å². The van der Waals surface area contributed by atoms with Crippen LogP contribution in [0.5, 0.6) is 0 Å². The van der Waals surface area contributed by atoms with Crippen LogP contribution in [0.15, 0.2) is 16.2 Å². The average Bonchev–Trinajstić information content (AvgIpc) is 2.85. The summed E-state index contributed by atoms with van der Waals surface area (Å²) in [6.45, 7) is 4.03. The van der Waals surface area contributed by atoms with Gasteiger partial charge in [0.15, 0.2) is 0 Å². The summed E-state index contributed by atoms with van der Waals surface area (Å²) in [6, 6.07) is 1.25. The molecule has 0 spiro atoms. The number of carbonyl (C=O) groups excluding carboxylic acids is 1. The van der Waals surface area contributed by atoms with Gasteiger partial charge < -0.3 is 15.6 Å². The topological polar surface area (TPSA) is 92.1 Å². The normalized spacial score (nSPS) is 12.2. The molecule has 8 heteroatoms. The van der Waals surface area contributed by atoms with Crippen molar-refractivity contribution in [2.24, 2.45) is 11.7 Å². The van der Waals surface area contributed by atoms with Crippen LogP contribution in [0, 0.1) is 5.92 Å². The molecular weight excluding hydrogens is 312 g/mol. The first-order valence-corrected chi connectivity index (χ1v) is 7.25. The second-order valence-electron chi connectivity index (χ2n) is 5.11. The third-order valence-corrected chi connectivity index (χ3v) is 4.03. The third kappa shape index (κ3) is 3.81. The number of nitrogens with two attached hydrogens (primary N) is 1. The SMILES string of the molecule is CC(C)[C@H](N)C(=O)N(C)Cc1nc2ccsc2c(=O)[nH]1.Cl. The number of thiophene rings is 1. The molecule has 116 valence electrons. The highest BCUT2D eigenvalue weighted by atomic mass is 35.5. The van der Waals surface area contributed by atoms with Crippen LogP contribution in [-0.2, 0) is 11.3 Å². The van der Waals surface area contributed by atoms with Crippen molar-refractivity contribution in [1.29, 1.82) is 0 Å². The molecule has 0 fully saturated rings. The van der Waals surface area contributed by atoms with E-state index in [1.165, 1.54) is 16.2 Å². The Balaban J connectivity index is 0.00000220. The molecule has 0 unspecified atom stereocenters. The Bertz CT molecular complexity index is 682. The van der Waals surface area contributed by atoms with Crippen LogP contribution in [0.2, 0.25) is 0 Å². The Morgan fingerprint density at radius 3 is 2.81 bits per heavy atom. The van der Waals surface area contributed by atoms with Crippen LogP contribution in [0.25, 0.3) is 10.2 Å². The van der Waals surface area contributed by atoms with Crippen LogP contribution >= 0.6 is 23.7 Å². The van der Waals surface area contributed by atoms with E-state index >= 15 is 0 Å². The van der Waals surface area contributed by atoms with E-state index in [9.17, 15) is 9.59 Å². The highest BCUT2D eigenvalue weighted by molar-refractivity contribution is 7.17. The first-order valence-electron chi connectivity index (χ1n) is 6.37. The molecule has 2 aromatic heterocycles. The lowest BCUT2D eigenvalue weighted by Gasteiger charge is -2.22. The minimum atomic E-state index is -0.545. The van der Waals surface area contributed by atoms with Crippen molar-refractivity contribution in [3.63, 3.8) is 0 Å². The van der Waals surface area contributed by atoms with Crippen molar-refractivity contribution in [2.75, 3.05) is 7.05 Å². The van der Waals surface area contributed by atoms with Crippen molar-refractivity contribution in [2.45, 2.75) is 26.4 Å². The Hall–Kier alpha value is -1.44. The molecule has 1 amide bonds. The van der Waals surface area contributed by atoms with Gasteiger partial charge in [-0.15, -0.1) is 23.7 Å². The molecule has 0 saturated heterocycles. The maximum Gasteiger partial charge on any atom is 0.268 e. The average molecular weight is 331 g/mol. The Labute approximate surface area is 132 Å². The number of hydrogen-bond acceptors (Lipinski definition) is 5. The van der Waals surface area contributed by atoms with Gasteiger partial charge in [-0.05, 0) is 17.4 Å². The van der Waals surface area contributed by atoms with Crippen LogP contribution in [-0.4, -0.2) is 33.9 Å². The highest BCUT2D eigenvalue weighted by Gasteiger charge is 2.21. The van der Waals surface area contributed by atoms with Gasteiger partial charge in [0.2, 0.25) is 5.91 Å². The lowest BCUT2D eigenvalue weighted by molar-refractivity contribution is -0.132. The number of aromatic nitrogens is 2. The van der Waals surface area contributed by atoms with Gasteiger partial charge in [0.05, 0.1) is 18.1 Å². The monoisotopic (exact) mass is 330 g/mol. The largest absolute Gasteiger partial charge is 0.337 e. The lowest BCUT2D eigenvalue weighted by Crippen LogP contribution is -2.44. The molecule has 0 aliphatic rings. The van der Waals surface area contributed by atoms with Crippen molar-refractivity contribution < 1.29 is 4.79 Å². The summed E-state index contributed by atoms with van der Waals surface area (Å²) in [4.78, 5) is 32.4. The number of aromatic amines is 1. The van der Waals surface area contributed by atoms with Gasteiger partial charge in [-0.2, -0.15) is 0 Å². The molecule has 21 heavy (non-hydrogen) atoms. The number of H-pyrrole nitrogens is 1. The molecule has 0 aromatic carbocycles. The molecule has 0 aliphatic carbocycles. The zero-order chi connectivity index (χ0) is 14.9. The predicted molar refractivity (Wildman–Crippen MR) is 86.8 cm³/mol. The van der Waals surface area contributed by atoms with Crippen LogP contribution in [0.4, 0.5) is 0 Å². The van der Waals surface area contributed by atoms with Gasteiger partial charge >= 0.3 is 0 Å². The van der Waals surface area contributed by atoms with Gasteiger partial charge in [0.1, 0.15) is 10.5 Å². The van der Waals surface area contributed by atoms with Crippen molar-refractivity contribution >= 4 is 39.9 Å². The second-order valence-corrected chi connectivity index (χ2v) is 6.03. The number of hydrogen-bond donors (Lipinski definition) is 2. The van der Waals surface area contributed by atoms with Crippen LogP contribution in [0.3, 0.4) is 0 Å². The van der Waals surface area contributed by atoms with E-state index in [1.807, 2.05) is 19.2 Å². The number of halogens is 1. The zero-order valence-electron chi connectivity index (χ0n) is 12.1. The van der Waals surface area contributed by atoms with Crippen molar-refractivity contribution in [3.05, 3.63) is 27.6 Å². The second kappa shape index (κ2) is 7.02.